The first-order chi connectivity index (χ1) is 5.81. The standard InChI is InChI=1S/C10H12N2/c1-3-8-4-5-9-7(2)11-12-10(9)6-8/h4-6H,3H2,1-2H3,(H,11,12). The first kappa shape index (κ1) is 7.35. The third-order valence-electron chi connectivity index (χ3n) is 2.22. The fraction of sp³-hybridized carbons (Fsp3) is 0.300. The number of hydrogen-bond acceptors (Lipinski definition) is 1. The van der Waals surface area contributed by atoms with Crippen molar-refractivity contribution in [2.45, 2.75) is 20.3 Å². The molecule has 62 valence electrons. The van der Waals surface area contributed by atoms with Crippen molar-refractivity contribution in [3.8, 4) is 0 Å². The van der Waals surface area contributed by atoms with Crippen molar-refractivity contribution >= 4 is 10.9 Å². The van der Waals surface area contributed by atoms with E-state index in [-0.39, 0.29) is 0 Å². The third kappa shape index (κ3) is 0.998. The SMILES string of the molecule is CCc1ccc2c(C)[nH]nc2c1. The van der Waals surface area contributed by atoms with Crippen LogP contribution in [-0.2, 0) is 6.42 Å². The molecule has 0 aliphatic heterocycles. The van der Waals surface area contributed by atoms with Gasteiger partial charge < -0.3 is 0 Å². The van der Waals surface area contributed by atoms with Gasteiger partial charge >= 0.3 is 0 Å². The normalized spacial score (nSPS) is 10.8. The molecule has 0 saturated carbocycles. The third-order valence-corrected chi connectivity index (χ3v) is 2.22. The largest absolute Gasteiger partial charge is 0.282 e. The van der Waals surface area contributed by atoms with Gasteiger partial charge in [-0.25, -0.2) is 0 Å². The van der Waals surface area contributed by atoms with Crippen LogP contribution in [0.5, 0.6) is 0 Å². The van der Waals surface area contributed by atoms with Crippen LogP contribution < -0.4 is 0 Å². The number of aromatic amines is 1. The Morgan fingerprint density at radius 1 is 1.42 bits per heavy atom. The summed E-state index contributed by atoms with van der Waals surface area (Å²) in [6, 6.07) is 6.43. The molecule has 12 heavy (non-hydrogen) atoms. The summed E-state index contributed by atoms with van der Waals surface area (Å²) in [6.07, 6.45) is 1.07. The average Bonchev–Trinajstić information content (AvgIpc) is 2.47. The van der Waals surface area contributed by atoms with Crippen molar-refractivity contribution in [1.29, 1.82) is 0 Å². The van der Waals surface area contributed by atoms with E-state index < -0.39 is 0 Å². The highest BCUT2D eigenvalue weighted by molar-refractivity contribution is 5.81. The molecular formula is C10H12N2. The highest BCUT2D eigenvalue weighted by Gasteiger charge is 2.00. The molecule has 0 unspecified atom stereocenters. The van der Waals surface area contributed by atoms with E-state index in [1.807, 2.05) is 6.92 Å². The van der Waals surface area contributed by atoms with E-state index in [4.69, 9.17) is 0 Å². The quantitative estimate of drug-likeness (QED) is 0.682. The van der Waals surface area contributed by atoms with E-state index in [9.17, 15) is 0 Å². The van der Waals surface area contributed by atoms with Crippen molar-refractivity contribution < 1.29 is 0 Å². The predicted molar refractivity (Wildman–Crippen MR) is 50.2 cm³/mol. The Balaban J connectivity index is 2.69. The van der Waals surface area contributed by atoms with E-state index in [1.54, 1.807) is 0 Å². The molecule has 2 aromatic rings. The number of H-pyrrole nitrogens is 1. The second kappa shape index (κ2) is 2.63. The minimum Gasteiger partial charge on any atom is -0.282 e. The van der Waals surface area contributed by atoms with Crippen molar-refractivity contribution in [3.05, 3.63) is 29.5 Å². The van der Waals surface area contributed by atoms with Gasteiger partial charge in [0.15, 0.2) is 0 Å². The smallest absolute Gasteiger partial charge is 0.0926 e. The monoisotopic (exact) mass is 160 g/mol. The molecule has 0 aliphatic carbocycles. The lowest BCUT2D eigenvalue weighted by Gasteiger charge is -1.94. The molecule has 0 saturated heterocycles. The number of nitrogens with zero attached hydrogens (tertiary/aromatic N) is 1. The lowest BCUT2D eigenvalue weighted by atomic mass is 10.1. The number of hydrogen-bond donors (Lipinski definition) is 1. The summed E-state index contributed by atoms with van der Waals surface area (Å²) < 4.78 is 0. The Bertz CT molecular complexity index is 401. The summed E-state index contributed by atoms with van der Waals surface area (Å²) in [6.45, 7) is 4.20. The highest BCUT2D eigenvalue weighted by Crippen LogP contribution is 2.16. The molecule has 2 rings (SSSR count). The van der Waals surface area contributed by atoms with Crippen LogP contribution in [0.3, 0.4) is 0 Å². The summed E-state index contributed by atoms with van der Waals surface area (Å²) in [5.41, 5.74) is 3.56. The minimum absolute atomic E-state index is 1.07. The number of aryl methyl sites for hydroxylation is 2. The van der Waals surface area contributed by atoms with Crippen LogP contribution in [-0.4, -0.2) is 10.2 Å². The molecule has 0 fully saturated rings. The fourth-order valence-electron chi connectivity index (χ4n) is 1.41. The van der Waals surface area contributed by atoms with Gasteiger partial charge in [-0.15, -0.1) is 0 Å². The zero-order valence-corrected chi connectivity index (χ0v) is 7.39. The molecule has 0 aliphatic rings. The molecular weight excluding hydrogens is 148 g/mol. The Kier molecular flexibility index (Phi) is 1.61. The molecule has 0 bridgehead atoms. The van der Waals surface area contributed by atoms with Crippen LogP contribution in [0.25, 0.3) is 10.9 Å². The van der Waals surface area contributed by atoms with Crippen molar-refractivity contribution in [1.82, 2.24) is 10.2 Å². The summed E-state index contributed by atoms with van der Waals surface area (Å²) in [7, 11) is 0. The lowest BCUT2D eigenvalue weighted by Crippen LogP contribution is -1.78. The average molecular weight is 160 g/mol. The molecule has 1 N–H and O–H groups in total. The second-order valence-corrected chi connectivity index (χ2v) is 3.05. The van der Waals surface area contributed by atoms with Crippen LogP contribution in [0.1, 0.15) is 18.2 Å². The van der Waals surface area contributed by atoms with Gasteiger partial charge in [0.05, 0.1) is 5.52 Å². The zero-order chi connectivity index (χ0) is 8.55. The molecule has 1 aromatic heterocycles. The van der Waals surface area contributed by atoms with Crippen LogP contribution in [0, 0.1) is 6.92 Å². The van der Waals surface area contributed by atoms with Gasteiger partial charge in [0.2, 0.25) is 0 Å². The fourth-order valence-corrected chi connectivity index (χ4v) is 1.41. The minimum atomic E-state index is 1.07. The Morgan fingerprint density at radius 3 is 3.00 bits per heavy atom. The number of nitrogens with one attached hydrogen (secondary N) is 1. The maximum absolute atomic E-state index is 4.20. The Hall–Kier alpha value is -1.31. The van der Waals surface area contributed by atoms with Gasteiger partial charge in [-0.1, -0.05) is 19.1 Å². The van der Waals surface area contributed by atoms with Crippen molar-refractivity contribution in [2.75, 3.05) is 0 Å². The van der Waals surface area contributed by atoms with Gasteiger partial charge in [-0.2, -0.15) is 5.10 Å². The van der Waals surface area contributed by atoms with Crippen LogP contribution >= 0.6 is 0 Å². The number of fused-ring (bicyclic) bond motifs is 1. The highest BCUT2D eigenvalue weighted by atomic mass is 15.1. The van der Waals surface area contributed by atoms with Gasteiger partial charge in [-0.05, 0) is 25.0 Å². The Morgan fingerprint density at radius 2 is 2.25 bits per heavy atom. The van der Waals surface area contributed by atoms with E-state index in [2.05, 4.69) is 35.3 Å². The molecule has 1 aromatic carbocycles. The van der Waals surface area contributed by atoms with Gasteiger partial charge in [-0.3, -0.25) is 5.10 Å². The molecule has 0 atom stereocenters. The summed E-state index contributed by atoms with van der Waals surface area (Å²) in [5, 5.41) is 8.41. The molecule has 0 radical (unpaired) electrons. The number of benzene rings is 1. The maximum atomic E-state index is 4.20. The Labute approximate surface area is 71.6 Å². The summed E-state index contributed by atoms with van der Waals surface area (Å²) in [4.78, 5) is 0. The van der Waals surface area contributed by atoms with E-state index in [0.29, 0.717) is 0 Å². The number of rotatable bonds is 1. The van der Waals surface area contributed by atoms with Crippen molar-refractivity contribution in [3.63, 3.8) is 0 Å². The van der Waals surface area contributed by atoms with Crippen LogP contribution in [0.15, 0.2) is 18.2 Å². The topological polar surface area (TPSA) is 28.7 Å². The summed E-state index contributed by atoms with van der Waals surface area (Å²) >= 11 is 0. The predicted octanol–water partition coefficient (Wildman–Crippen LogP) is 2.43. The van der Waals surface area contributed by atoms with Gasteiger partial charge in [0, 0.05) is 11.1 Å². The molecule has 2 nitrogen and oxygen atoms in total. The van der Waals surface area contributed by atoms with Crippen LogP contribution in [0.4, 0.5) is 0 Å². The second-order valence-electron chi connectivity index (χ2n) is 3.05. The van der Waals surface area contributed by atoms with E-state index >= 15 is 0 Å². The molecule has 0 amide bonds. The summed E-state index contributed by atoms with van der Waals surface area (Å²) in [5.74, 6) is 0. The first-order valence-corrected chi connectivity index (χ1v) is 4.25. The van der Waals surface area contributed by atoms with Gasteiger partial charge in [0.1, 0.15) is 0 Å². The number of aromatic nitrogens is 2. The van der Waals surface area contributed by atoms with Gasteiger partial charge in [0.25, 0.3) is 0 Å². The lowest BCUT2D eigenvalue weighted by molar-refractivity contribution is 1.07. The first-order valence-electron chi connectivity index (χ1n) is 4.25. The maximum Gasteiger partial charge on any atom is 0.0926 e. The van der Waals surface area contributed by atoms with Crippen molar-refractivity contribution in [2.24, 2.45) is 0 Å². The molecule has 2 heteroatoms. The van der Waals surface area contributed by atoms with E-state index in [0.717, 1.165) is 17.6 Å². The zero-order valence-electron chi connectivity index (χ0n) is 7.39. The van der Waals surface area contributed by atoms with Crippen LogP contribution in [0.2, 0.25) is 0 Å². The van der Waals surface area contributed by atoms with E-state index in [1.165, 1.54) is 10.9 Å². The molecule has 1 heterocycles. The molecule has 0 spiro atoms.